The lowest BCUT2D eigenvalue weighted by Gasteiger charge is -2.30. The lowest BCUT2D eigenvalue weighted by atomic mass is 10.0. The Morgan fingerprint density at radius 1 is 0.483 bits per heavy atom. The molecule has 0 radical (unpaired) electrons. The van der Waals surface area contributed by atoms with E-state index in [1.54, 1.807) is 0 Å². The Morgan fingerprint density at radius 2 is 0.885 bits per heavy atom. The van der Waals surface area contributed by atoms with Gasteiger partial charge in [-0.1, -0.05) is 13.8 Å². The largest absolute Gasteiger partial charge is 0.481 e. The zero-order chi connectivity index (χ0) is 66.6. The Bertz CT molecular complexity index is 2550. The van der Waals surface area contributed by atoms with E-state index in [9.17, 15) is 117 Å². The first kappa shape index (κ1) is 75.8. The number of rotatable bonds is 39. The molecule has 1 heterocycles. The number of carboxylic acid groups (broad SMARTS) is 2. The number of primary amides is 3. The van der Waals surface area contributed by atoms with E-state index >= 15 is 0 Å². The van der Waals surface area contributed by atoms with Gasteiger partial charge < -0.3 is 116 Å². The maximum atomic E-state index is 13.8. The summed E-state index contributed by atoms with van der Waals surface area (Å²) < 4.78 is 0. The third-order valence-corrected chi connectivity index (χ3v) is 12.6. The first-order valence-corrected chi connectivity index (χ1v) is 26.6. The molecule has 39 heteroatoms. The molecule has 1 saturated heterocycles. The van der Waals surface area contributed by atoms with Crippen LogP contribution in [0.1, 0.15) is 79.1 Å². The zero-order valence-electron chi connectivity index (χ0n) is 47.7. The van der Waals surface area contributed by atoms with Crippen LogP contribution in [0.3, 0.4) is 0 Å². The number of carboxylic acids is 2. The van der Waals surface area contributed by atoms with Crippen LogP contribution in [-0.2, 0) is 81.5 Å². The number of hydrogen-bond acceptors (Lipinski definition) is 22. The van der Waals surface area contributed by atoms with Crippen molar-refractivity contribution in [1.82, 2.24) is 63.4 Å². The van der Waals surface area contributed by atoms with Crippen LogP contribution in [0.25, 0.3) is 0 Å². The number of hydrogen-bond donors (Lipinski definition) is 21. The van der Waals surface area contributed by atoms with Gasteiger partial charge in [0.15, 0.2) is 0 Å². The van der Waals surface area contributed by atoms with E-state index in [4.69, 9.17) is 17.2 Å². The molecule has 24 N–H and O–H groups in total. The number of nitrogens with zero attached hydrogens (tertiary/aromatic N) is 1. The maximum absolute atomic E-state index is 13.8. The van der Waals surface area contributed by atoms with E-state index in [0.29, 0.717) is 0 Å². The van der Waals surface area contributed by atoms with E-state index in [-0.39, 0.29) is 19.4 Å². The number of amides is 15. The fourth-order valence-electron chi connectivity index (χ4n) is 7.95. The van der Waals surface area contributed by atoms with Crippen LogP contribution < -0.4 is 75.7 Å². The second-order valence-electron chi connectivity index (χ2n) is 20.0. The number of carbonyl (C=O) groups is 17. The summed E-state index contributed by atoms with van der Waals surface area (Å²) in [5, 5.41) is 92.3. The molecule has 0 aromatic rings. The minimum Gasteiger partial charge on any atom is -0.481 e. The minimum atomic E-state index is -2.12. The predicted octanol–water partition coefficient (Wildman–Crippen LogP) is -13.1. The molecule has 15 amide bonds. The molecule has 488 valence electrons. The van der Waals surface area contributed by atoms with Crippen molar-refractivity contribution in [2.75, 3.05) is 39.5 Å². The predicted molar refractivity (Wildman–Crippen MR) is 288 cm³/mol. The van der Waals surface area contributed by atoms with Crippen LogP contribution in [0.15, 0.2) is 0 Å². The van der Waals surface area contributed by atoms with Crippen molar-refractivity contribution in [2.24, 2.45) is 23.1 Å². The zero-order valence-corrected chi connectivity index (χ0v) is 47.7. The smallest absolute Gasteiger partial charge is 0.328 e. The number of nitrogens with two attached hydrogens (primary N) is 3. The molecule has 1 fully saturated rings. The number of aliphatic hydroxyl groups is 5. The summed E-state index contributed by atoms with van der Waals surface area (Å²) in [5.74, 6) is -21.9. The van der Waals surface area contributed by atoms with Crippen molar-refractivity contribution in [2.45, 2.75) is 152 Å². The van der Waals surface area contributed by atoms with E-state index in [1.807, 2.05) is 10.6 Å². The lowest BCUT2D eigenvalue weighted by molar-refractivity contribution is -0.146. The Morgan fingerprint density at radius 3 is 1.32 bits per heavy atom. The van der Waals surface area contributed by atoms with Gasteiger partial charge in [-0.2, -0.15) is 0 Å². The standard InChI is InChI=1S/C48H77N15O24/c1-19(2)36(61-41(79)25(13-35(74)75)56-40(78)24(12-33(51)72)55-38(76)22(7-9-31(49)70)53-34(73)14-52-21(4)69)45(83)57-26(15-64)42(80)54-23(8-10-32(50)71)39(77)62-37(20(3)68)46(84)58-27(16-65)43(81)59-28(17-66)47(85)63-11-5-6-30(63)44(82)60-29(18-67)48(86)87/h19-20,22-30,36-37,64-68H,5-18H2,1-4H3,(H2,49,70)(H2,50,71)(H2,51,72)(H,52,69)(H,53,73)(H,54,80)(H,55,76)(H,56,78)(H,57,83)(H,58,84)(H,59,81)(H,60,82)(H,61,79)(H,62,77)(H,74,75)(H,86,87)/t20-,22+,23+,24+,25+,26+,27+,28+,29+,30+,36+,37+/m1/s1. The summed E-state index contributed by atoms with van der Waals surface area (Å²) >= 11 is 0. The Balaban J connectivity index is 3.33. The van der Waals surface area contributed by atoms with Crippen LogP contribution in [0.5, 0.6) is 0 Å². The van der Waals surface area contributed by atoms with Crippen LogP contribution in [0.4, 0.5) is 0 Å². The molecule has 1 rings (SSSR count). The maximum Gasteiger partial charge on any atom is 0.328 e. The number of aliphatic carboxylic acids is 2. The summed E-state index contributed by atoms with van der Waals surface area (Å²) in [4.78, 5) is 218. The number of likely N-dealkylation sites (tertiary alicyclic amines) is 1. The summed E-state index contributed by atoms with van der Waals surface area (Å²) in [5.41, 5.74) is 15.7. The second kappa shape index (κ2) is 37.3. The van der Waals surface area contributed by atoms with Gasteiger partial charge >= 0.3 is 11.9 Å². The lowest BCUT2D eigenvalue weighted by Crippen LogP contribution is -2.63. The van der Waals surface area contributed by atoms with Gasteiger partial charge in [0.05, 0.1) is 51.9 Å². The normalized spacial score (nSPS) is 16.5. The van der Waals surface area contributed by atoms with Crippen molar-refractivity contribution in [3.63, 3.8) is 0 Å². The van der Waals surface area contributed by atoms with Gasteiger partial charge in [0, 0.05) is 26.3 Å². The minimum absolute atomic E-state index is 0.0154. The van der Waals surface area contributed by atoms with Crippen molar-refractivity contribution in [1.29, 1.82) is 0 Å². The highest BCUT2D eigenvalue weighted by molar-refractivity contribution is 6.01. The summed E-state index contributed by atoms with van der Waals surface area (Å²) in [6, 6.07) is -20.4. The monoisotopic (exact) mass is 1250 g/mol. The Kier molecular flexibility index (Phi) is 32.5. The third-order valence-electron chi connectivity index (χ3n) is 12.6. The topological polar surface area (TPSA) is 645 Å². The SMILES string of the molecule is CC(=O)NCC(=O)N[C@@H](CCC(N)=O)C(=O)N[C@@H](CC(N)=O)C(=O)N[C@@H](CC(=O)O)C(=O)N[C@H](C(=O)N[C@@H](CO)C(=O)N[C@@H](CCC(N)=O)C(=O)N[C@H](C(=O)N[C@@H](CO)C(=O)N[C@@H](CO)C(=O)N1CCC[C@H]1C(=O)N[C@@H](CO)C(=O)O)[C@@H](C)O)C(C)C. The molecule has 39 nitrogen and oxygen atoms in total. The quantitative estimate of drug-likeness (QED) is 0.0272. The van der Waals surface area contributed by atoms with Crippen LogP contribution >= 0.6 is 0 Å². The van der Waals surface area contributed by atoms with E-state index < -0.39 is 251 Å². The Hall–Kier alpha value is -9.21. The molecule has 0 unspecified atom stereocenters. The van der Waals surface area contributed by atoms with Crippen LogP contribution in [-0.4, -0.2) is 253 Å². The van der Waals surface area contributed by atoms with Crippen molar-refractivity contribution >= 4 is 101 Å². The number of carbonyl (C=O) groups excluding carboxylic acids is 15. The summed E-state index contributed by atoms with van der Waals surface area (Å²) in [6.07, 6.45) is -6.16. The highest BCUT2D eigenvalue weighted by Gasteiger charge is 2.41. The summed E-state index contributed by atoms with van der Waals surface area (Å²) in [6.45, 7) is -0.600. The van der Waals surface area contributed by atoms with Crippen LogP contribution in [0, 0.1) is 5.92 Å². The molecule has 0 aromatic heterocycles. The molecule has 0 bridgehead atoms. The van der Waals surface area contributed by atoms with Crippen molar-refractivity contribution in [3.05, 3.63) is 0 Å². The molecule has 0 aromatic carbocycles. The van der Waals surface area contributed by atoms with Gasteiger partial charge in [-0.3, -0.25) is 76.7 Å². The molecular weight excluding hydrogens is 1170 g/mol. The average Bonchev–Trinajstić information content (AvgIpc) is 2.47. The van der Waals surface area contributed by atoms with Gasteiger partial charge in [0.1, 0.15) is 66.5 Å². The van der Waals surface area contributed by atoms with Gasteiger partial charge in [0.25, 0.3) is 0 Å². The summed E-state index contributed by atoms with van der Waals surface area (Å²) in [7, 11) is 0. The first-order chi connectivity index (χ1) is 40.6. The molecule has 1 aliphatic rings. The third kappa shape index (κ3) is 26.3. The molecule has 87 heavy (non-hydrogen) atoms. The fourth-order valence-corrected chi connectivity index (χ4v) is 7.95. The van der Waals surface area contributed by atoms with Crippen molar-refractivity contribution in [3.8, 4) is 0 Å². The van der Waals surface area contributed by atoms with E-state index in [2.05, 4.69) is 47.9 Å². The van der Waals surface area contributed by atoms with Gasteiger partial charge in [-0.25, -0.2) is 4.79 Å². The van der Waals surface area contributed by atoms with Gasteiger partial charge in [-0.15, -0.1) is 0 Å². The van der Waals surface area contributed by atoms with E-state index in [1.165, 1.54) is 13.8 Å². The molecule has 0 spiro atoms. The average molecular weight is 1250 g/mol. The van der Waals surface area contributed by atoms with Gasteiger partial charge in [0.2, 0.25) is 88.6 Å². The van der Waals surface area contributed by atoms with E-state index in [0.717, 1.165) is 18.7 Å². The number of nitrogens with one attached hydrogen (secondary N) is 11. The molecule has 1 aliphatic heterocycles. The second-order valence-corrected chi connectivity index (χ2v) is 20.0. The molecule has 0 saturated carbocycles. The Labute approximate surface area is 494 Å². The number of aliphatic hydroxyl groups excluding tert-OH is 5. The van der Waals surface area contributed by atoms with Gasteiger partial charge in [-0.05, 0) is 38.5 Å². The highest BCUT2D eigenvalue weighted by Crippen LogP contribution is 2.19. The fraction of sp³-hybridized carbons (Fsp3) is 0.646. The molecule has 12 atom stereocenters. The first-order valence-electron chi connectivity index (χ1n) is 26.6. The van der Waals surface area contributed by atoms with Crippen molar-refractivity contribution < 1.29 is 117 Å². The molecular formula is C48H77N15O24. The van der Waals surface area contributed by atoms with Crippen LogP contribution in [0.2, 0.25) is 0 Å². The highest BCUT2D eigenvalue weighted by atomic mass is 16.4. The molecule has 0 aliphatic carbocycles.